The Morgan fingerprint density at radius 2 is 1.89 bits per heavy atom. The molecule has 3 heteroatoms. The van der Waals surface area contributed by atoms with Crippen molar-refractivity contribution < 1.29 is 4.74 Å². The second kappa shape index (κ2) is 7.61. The average Bonchev–Trinajstić information content (AvgIpc) is 2.43. The first kappa shape index (κ1) is 15.3. The van der Waals surface area contributed by atoms with E-state index in [-0.39, 0.29) is 0 Å². The number of likely N-dealkylation sites (tertiary alicyclic amines) is 1. The molecule has 2 saturated heterocycles. The monoisotopic (exact) mass is 268 g/mol. The lowest BCUT2D eigenvalue weighted by Crippen LogP contribution is -2.47. The van der Waals surface area contributed by atoms with E-state index in [0.29, 0.717) is 5.41 Å². The van der Waals surface area contributed by atoms with Crippen molar-refractivity contribution in [3.63, 3.8) is 0 Å². The Kier molecular flexibility index (Phi) is 6.11. The molecule has 2 aliphatic heterocycles. The van der Waals surface area contributed by atoms with Crippen LogP contribution >= 0.6 is 0 Å². The third-order valence-electron chi connectivity index (χ3n) is 5.11. The lowest BCUT2D eigenvalue weighted by atomic mass is 9.74. The SMILES string of the molecule is CCCC1(CN2CCC(COC)CC2)CCNCC1. The van der Waals surface area contributed by atoms with Gasteiger partial charge in [-0.3, -0.25) is 0 Å². The summed E-state index contributed by atoms with van der Waals surface area (Å²) in [5, 5.41) is 3.52. The van der Waals surface area contributed by atoms with Crippen molar-refractivity contribution >= 4 is 0 Å². The Bertz CT molecular complexity index is 238. The number of methoxy groups -OCH3 is 1. The Morgan fingerprint density at radius 3 is 2.47 bits per heavy atom. The van der Waals surface area contributed by atoms with Gasteiger partial charge in [0.25, 0.3) is 0 Å². The van der Waals surface area contributed by atoms with E-state index in [9.17, 15) is 0 Å². The van der Waals surface area contributed by atoms with Gasteiger partial charge in [0.15, 0.2) is 0 Å². The average molecular weight is 268 g/mol. The molecule has 1 N–H and O–H groups in total. The highest BCUT2D eigenvalue weighted by molar-refractivity contribution is 4.88. The number of hydrogen-bond acceptors (Lipinski definition) is 3. The number of piperidine rings is 2. The molecular weight excluding hydrogens is 236 g/mol. The Morgan fingerprint density at radius 1 is 1.21 bits per heavy atom. The van der Waals surface area contributed by atoms with Gasteiger partial charge in [-0.15, -0.1) is 0 Å². The first-order valence-corrected chi connectivity index (χ1v) is 8.20. The number of ether oxygens (including phenoxy) is 1. The van der Waals surface area contributed by atoms with Gasteiger partial charge in [0.2, 0.25) is 0 Å². The minimum atomic E-state index is 0.605. The van der Waals surface area contributed by atoms with Crippen LogP contribution in [0.3, 0.4) is 0 Å². The zero-order valence-electron chi connectivity index (χ0n) is 12.9. The van der Waals surface area contributed by atoms with Crippen molar-refractivity contribution in [2.75, 3.05) is 46.4 Å². The summed E-state index contributed by atoms with van der Waals surface area (Å²) < 4.78 is 5.30. The number of hydrogen-bond donors (Lipinski definition) is 1. The van der Waals surface area contributed by atoms with Crippen molar-refractivity contribution in [3.8, 4) is 0 Å². The zero-order chi connectivity index (χ0) is 13.6. The standard InChI is InChI=1S/C16H32N2O/c1-3-6-16(7-9-17-10-8-16)14-18-11-4-15(5-12-18)13-19-2/h15,17H,3-14H2,1-2H3. The summed E-state index contributed by atoms with van der Waals surface area (Å²) in [7, 11) is 1.83. The van der Waals surface area contributed by atoms with Crippen LogP contribution in [0.1, 0.15) is 45.4 Å². The second-order valence-corrected chi connectivity index (χ2v) is 6.67. The maximum absolute atomic E-state index is 5.30. The van der Waals surface area contributed by atoms with Gasteiger partial charge < -0.3 is 15.0 Å². The fraction of sp³-hybridized carbons (Fsp3) is 1.00. The molecule has 0 unspecified atom stereocenters. The summed E-state index contributed by atoms with van der Waals surface area (Å²) in [6, 6.07) is 0. The van der Waals surface area contributed by atoms with E-state index in [2.05, 4.69) is 17.1 Å². The minimum Gasteiger partial charge on any atom is -0.384 e. The Labute approximate surface area is 119 Å². The Balaban J connectivity index is 1.81. The third-order valence-corrected chi connectivity index (χ3v) is 5.11. The molecule has 2 rings (SSSR count). The zero-order valence-corrected chi connectivity index (χ0v) is 12.9. The molecule has 0 aromatic carbocycles. The third kappa shape index (κ3) is 4.44. The van der Waals surface area contributed by atoms with Crippen LogP contribution < -0.4 is 5.32 Å². The quantitative estimate of drug-likeness (QED) is 0.801. The first-order valence-electron chi connectivity index (χ1n) is 8.20. The molecule has 0 spiro atoms. The van der Waals surface area contributed by atoms with Crippen LogP contribution in [0.15, 0.2) is 0 Å². The van der Waals surface area contributed by atoms with Crippen LogP contribution in [0.5, 0.6) is 0 Å². The van der Waals surface area contributed by atoms with Crippen LogP contribution in [-0.4, -0.2) is 51.3 Å². The van der Waals surface area contributed by atoms with Crippen LogP contribution in [0, 0.1) is 11.3 Å². The van der Waals surface area contributed by atoms with E-state index in [1.165, 1.54) is 71.2 Å². The van der Waals surface area contributed by atoms with E-state index in [0.717, 1.165) is 12.5 Å². The van der Waals surface area contributed by atoms with E-state index < -0.39 is 0 Å². The van der Waals surface area contributed by atoms with Gasteiger partial charge in [0.05, 0.1) is 0 Å². The highest BCUT2D eigenvalue weighted by atomic mass is 16.5. The fourth-order valence-corrected chi connectivity index (χ4v) is 4.00. The molecule has 2 fully saturated rings. The van der Waals surface area contributed by atoms with Gasteiger partial charge in [-0.05, 0) is 69.6 Å². The molecule has 2 heterocycles. The van der Waals surface area contributed by atoms with Crippen molar-refractivity contribution in [2.24, 2.45) is 11.3 Å². The number of rotatable bonds is 6. The molecule has 0 aromatic rings. The molecule has 0 aromatic heterocycles. The molecule has 0 bridgehead atoms. The van der Waals surface area contributed by atoms with Gasteiger partial charge >= 0.3 is 0 Å². The van der Waals surface area contributed by atoms with Gasteiger partial charge in [0.1, 0.15) is 0 Å². The van der Waals surface area contributed by atoms with Crippen LogP contribution in [0.4, 0.5) is 0 Å². The second-order valence-electron chi connectivity index (χ2n) is 6.67. The van der Waals surface area contributed by atoms with Crippen molar-refractivity contribution in [1.29, 1.82) is 0 Å². The lowest BCUT2D eigenvalue weighted by Gasteiger charge is -2.43. The molecular formula is C16H32N2O. The summed E-state index contributed by atoms with van der Waals surface area (Å²) in [5.74, 6) is 0.802. The maximum Gasteiger partial charge on any atom is 0.0491 e. The summed E-state index contributed by atoms with van der Waals surface area (Å²) in [4.78, 5) is 2.73. The topological polar surface area (TPSA) is 24.5 Å². The summed E-state index contributed by atoms with van der Waals surface area (Å²) >= 11 is 0. The van der Waals surface area contributed by atoms with Crippen LogP contribution in [0.2, 0.25) is 0 Å². The highest BCUT2D eigenvalue weighted by Crippen LogP contribution is 2.35. The molecule has 2 aliphatic rings. The molecule has 0 aliphatic carbocycles. The van der Waals surface area contributed by atoms with Crippen LogP contribution in [0.25, 0.3) is 0 Å². The molecule has 0 saturated carbocycles. The fourth-order valence-electron chi connectivity index (χ4n) is 4.00. The predicted molar refractivity (Wildman–Crippen MR) is 80.5 cm³/mol. The predicted octanol–water partition coefficient (Wildman–Crippen LogP) is 2.51. The van der Waals surface area contributed by atoms with Crippen LogP contribution in [-0.2, 0) is 4.74 Å². The molecule has 0 atom stereocenters. The minimum absolute atomic E-state index is 0.605. The van der Waals surface area contributed by atoms with Gasteiger partial charge in [0, 0.05) is 20.3 Å². The first-order chi connectivity index (χ1) is 9.28. The molecule has 0 amide bonds. The van der Waals surface area contributed by atoms with Gasteiger partial charge in [-0.25, -0.2) is 0 Å². The smallest absolute Gasteiger partial charge is 0.0491 e. The van der Waals surface area contributed by atoms with E-state index in [4.69, 9.17) is 4.74 Å². The summed E-state index contributed by atoms with van der Waals surface area (Å²) in [5.41, 5.74) is 0.605. The van der Waals surface area contributed by atoms with Crippen molar-refractivity contribution in [1.82, 2.24) is 10.2 Å². The molecule has 19 heavy (non-hydrogen) atoms. The highest BCUT2D eigenvalue weighted by Gasteiger charge is 2.34. The van der Waals surface area contributed by atoms with E-state index in [1.54, 1.807) is 0 Å². The van der Waals surface area contributed by atoms with Crippen molar-refractivity contribution in [2.45, 2.75) is 45.4 Å². The Hall–Kier alpha value is -0.120. The van der Waals surface area contributed by atoms with E-state index in [1.807, 2.05) is 7.11 Å². The normalized spacial score (nSPS) is 25.6. The van der Waals surface area contributed by atoms with Gasteiger partial charge in [-0.1, -0.05) is 13.3 Å². The maximum atomic E-state index is 5.30. The summed E-state index contributed by atoms with van der Waals surface area (Å²) in [6.45, 7) is 9.65. The summed E-state index contributed by atoms with van der Waals surface area (Å²) in [6.07, 6.45) is 8.15. The molecule has 3 nitrogen and oxygen atoms in total. The van der Waals surface area contributed by atoms with Gasteiger partial charge in [-0.2, -0.15) is 0 Å². The molecule has 0 radical (unpaired) electrons. The van der Waals surface area contributed by atoms with Crippen molar-refractivity contribution in [3.05, 3.63) is 0 Å². The molecule has 112 valence electrons. The largest absolute Gasteiger partial charge is 0.384 e. The number of nitrogens with zero attached hydrogens (tertiary/aromatic N) is 1. The number of nitrogens with one attached hydrogen (secondary N) is 1. The van der Waals surface area contributed by atoms with E-state index >= 15 is 0 Å². The lowest BCUT2D eigenvalue weighted by molar-refractivity contribution is 0.0558.